The van der Waals surface area contributed by atoms with E-state index in [0.29, 0.717) is 22.5 Å². The molecule has 11 heteroatoms. The number of carbonyl (C=O) groups excluding carboxylic acids is 2. The Morgan fingerprint density at radius 1 is 0.974 bits per heavy atom. The number of para-hydroxylation sites is 1. The van der Waals surface area contributed by atoms with Crippen molar-refractivity contribution in [3.8, 4) is 5.69 Å². The standard InChI is InChI=1S/C27H22N6O5/c1-18-23(27(36)32(31-18)21-10-6-3-7-11-21)17-28-30-26(35)24(29-25(34)20-8-4-2-5-9-20)16-19-12-14-22(15-13-19)33(37)38/h2-17,31H,1H3,(H,29,34)(H,30,35). The van der Waals surface area contributed by atoms with Crippen molar-refractivity contribution in [1.82, 2.24) is 20.5 Å². The zero-order valence-electron chi connectivity index (χ0n) is 20.1. The van der Waals surface area contributed by atoms with Gasteiger partial charge in [0.1, 0.15) is 5.70 Å². The molecular weight excluding hydrogens is 488 g/mol. The van der Waals surface area contributed by atoms with Gasteiger partial charge in [-0.1, -0.05) is 36.4 Å². The number of nitro benzene ring substituents is 1. The first-order valence-corrected chi connectivity index (χ1v) is 11.4. The fraction of sp³-hybridized carbons (Fsp3) is 0.0370. The summed E-state index contributed by atoms with van der Waals surface area (Å²) in [6, 6.07) is 22.7. The van der Waals surface area contributed by atoms with Crippen molar-refractivity contribution < 1.29 is 14.5 Å². The molecule has 0 saturated carbocycles. The maximum Gasteiger partial charge on any atom is 0.287 e. The third-order valence-corrected chi connectivity index (χ3v) is 5.43. The minimum atomic E-state index is -0.763. The van der Waals surface area contributed by atoms with Gasteiger partial charge in [-0.2, -0.15) is 5.10 Å². The predicted molar refractivity (Wildman–Crippen MR) is 142 cm³/mol. The highest BCUT2D eigenvalue weighted by atomic mass is 16.6. The molecule has 0 atom stereocenters. The Bertz CT molecular complexity index is 1590. The van der Waals surface area contributed by atoms with Crippen molar-refractivity contribution in [3.05, 3.63) is 133 Å². The summed E-state index contributed by atoms with van der Waals surface area (Å²) < 4.78 is 1.36. The summed E-state index contributed by atoms with van der Waals surface area (Å²) in [6.07, 6.45) is 2.58. The number of rotatable bonds is 8. The van der Waals surface area contributed by atoms with Crippen LogP contribution in [0, 0.1) is 17.0 Å². The quantitative estimate of drug-likeness (QED) is 0.144. The van der Waals surface area contributed by atoms with Crippen LogP contribution in [0.3, 0.4) is 0 Å². The third-order valence-electron chi connectivity index (χ3n) is 5.43. The molecule has 0 spiro atoms. The minimum Gasteiger partial charge on any atom is -0.317 e. The molecule has 0 aliphatic heterocycles. The molecule has 0 saturated heterocycles. The Morgan fingerprint density at radius 2 is 1.61 bits per heavy atom. The van der Waals surface area contributed by atoms with Gasteiger partial charge in [-0.05, 0) is 55.0 Å². The van der Waals surface area contributed by atoms with E-state index in [1.54, 1.807) is 61.5 Å². The Hall–Kier alpha value is -5.58. The molecule has 3 aromatic carbocycles. The molecule has 11 nitrogen and oxygen atoms in total. The van der Waals surface area contributed by atoms with Crippen LogP contribution in [0.5, 0.6) is 0 Å². The molecule has 4 aromatic rings. The number of aromatic amines is 1. The minimum absolute atomic E-state index is 0.117. The topological polar surface area (TPSA) is 151 Å². The molecule has 2 amide bonds. The van der Waals surface area contributed by atoms with Crippen molar-refractivity contribution >= 4 is 29.8 Å². The van der Waals surface area contributed by atoms with Gasteiger partial charge < -0.3 is 5.32 Å². The summed E-state index contributed by atoms with van der Waals surface area (Å²) in [5.41, 5.74) is 3.87. The number of nitro groups is 1. The van der Waals surface area contributed by atoms with Crippen LogP contribution in [0.2, 0.25) is 0 Å². The highest BCUT2D eigenvalue weighted by Crippen LogP contribution is 2.14. The van der Waals surface area contributed by atoms with E-state index in [-0.39, 0.29) is 22.5 Å². The van der Waals surface area contributed by atoms with E-state index >= 15 is 0 Å². The molecule has 4 rings (SSSR count). The average Bonchev–Trinajstić information content (AvgIpc) is 3.22. The van der Waals surface area contributed by atoms with Gasteiger partial charge in [-0.3, -0.25) is 29.6 Å². The number of nitrogens with one attached hydrogen (secondary N) is 3. The lowest BCUT2D eigenvalue weighted by molar-refractivity contribution is -0.384. The van der Waals surface area contributed by atoms with Crippen molar-refractivity contribution in [2.45, 2.75) is 6.92 Å². The van der Waals surface area contributed by atoms with E-state index in [2.05, 4.69) is 20.9 Å². The summed E-state index contributed by atoms with van der Waals surface area (Å²) in [7, 11) is 0. The van der Waals surface area contributed by atoms with Gasteiger partial charge in [0, 0.05) is 23.4 Å². The molecule has 3 N–H and O–H groups in total. The first kappa shape index (κ1) is 25.5. The number of amides is 2. The molecule has 0 bridgehead atoms. The summed E-state index contributed by atoms with van der Waals surface area (Å²) in [4.78, 5) is 48.9. The lowest BCUT2D eigenvalue weighted by atomic mass is 10.1. The molecule has 38 heavy (non-hydrogen) atoms. The van der Waals surface area contributed by atoms with Crippen LogP contribution in [0.15, 0.2) is 101 Å². The maximum absolute atomic E-state index is 13.0. The van der Waals surface area contributed by atoms with E-state index in [1.165, 1.54) is 41.2 Å². The summed E-state index contributed by atoms with van der Waals surface area (Å²) in [5, 5.41) is 20.4. The van der Waals surface area contributed by atoms with Gasteiger partial charge in [-0.15, -0.1) is 0 Å². The fourth-order valence-electron chi connectivity index (χ4n) is 3.49. The van der Waals surface area contributed by atoms with E-state index in [0.717, 1.165) is 0 Å². The average molecular weight is 511 g/mol. The van der Waals surface area contributed by atoms with Crippen LogP contribution in [0.1, 0.15) is 27.2 Å². The second-order valence-electron chi connectivity index (χ2n) is 8.05. The SMILES string of the molecule is Cc1[nH]n(-c2ccccc2)c(=O)c1C=NNC(=O)C(=Cc1ccc([N+](=O)[O-])cc1)NC(=O)c1ccccc1. The Balaban J connectivity index is 1.57. The number of non-ortho nitro benzene ring substituents is 1. The highest BCUT2D eigenvalue weighted by Gasteiger charge is 2.15. The number of carbonyl (C=O) groups is 2. The van der Waals surface area contributed by atoms with Gasteiger partial charge in [-0.25, -0.2) is 10.1 Å². The summed E-state index contributed by atoms with van der Waals surface area (Å²) in [6.45, 7) is 1.70. The predicted octanol–water partition coefficient (Wildman–Crippen LogP) is 3.30. The number of aryl methyl sites for hydroxylation is 1. The normalized spacial score (nSPS) is 11.3. The van der Waals surface area contributed by atoms with Crippen molar-refractivity contribution in [3.63, 3.8) is 0 Å². The smallest absolute Gasteiger partial charge is 0.287 e. The monoisotopic (exact) mass is 510 g/mol. The number of aromatic nitrogens is 2. The molecule has 1 aromatic heterocycles. The van der Waals surface area contributed by atoms with Gasteiger partial charge in [0.15, 0.2) is 0 Å². The van der Waals surface area contributed by atoms with Crippen LogP contribution < -0.4 is 16.3 Å². The number of hydrogen-bond donors (Lipinski definition) is 3. The van der Waals surface area contributed by atoms with E-state index in [9.17, 15) is 24.5 Å². The largest absolute Gasteiger partial charge is 0.317 e. The van der Waals surface area contributed by atoms with Crippen molar-refractivity contribution in [2.24, 2.45) is 5.10 Å². The third kappa shape index (κ3) is 5.97. The number of benzene rings is 3. The van der Waals surface area contributed by atoms with Crippen LogP contribution in [0.4, 0.5) is 5.69 Å². The number of hydrogen-bond acceptors (Lipinski definition) is 6. The van der Waals surface area contributed by atoms with Crippen molar-refractivity contribution in [1.29, 1.82) is 0 Å². The molecular formula is C27H22N6O5. The van der Waals surface area contributed by atoms with Crippen LogP contribution in [-0.2, 0) is 4.79 Å². The van der Waals surface area contributed by atoms with Gasteiger partial charge in [0.25, 0.3) is 23.1 Å². The molecule has 1 heterocycles. The summed E-state index contributed by atoms with van der Waals surface area (Å²) in [5.74, 6) is -1.30. The van der Waals surface area contributed by atoms with E-state index in [4.69, 9.17) is 0 Å². The molecule has 0 unspecified atom stereocenters. The lowest BCUT2D eigenvalue weighted by Gasteiger charge is -2.09. The zero-order chi connectivity index (χ0) is 27.1. The Labute approximate surface area is 216 Å². The molecule has 0 aliphatic carbocycles. The zero-order valence-corrected chi connectivity index (χ0v) is 20.1. The highest BCUT2D eigenvalue weighted by molar-refractivity contribution is 6.05. The van der Waals surface area contributed by atoms with Crippen LogP contribution in [0.25, 0.3) is 11.8 Å². The second kappa shape index (κ2) is 11.4. The van der Waals surface area contributed by atoms with E-state index in [1.807, 2.05) is 6.07 Å². The molecule has 0 fully saturated rings. The molecule has 190 valence electrons. The maximum atomic E-state index is 13.0. The van der Waals surface area contributed by atoms with Crippen LogP contribution in [-0.4, -0.2) is 32.7 Å². The summed E-state index contributed by atoms with van der Waals surface area (Å²) >= 11 is 0. The first-order chi connectivity index (χ1) is 18.3. The second-order valence-corrected chi connectivity index (χ2v) is 8.05. The van der Waals surface area contributed by atoms with Gasteiger partial charge in [0.05, 0.1) is 22.4 Å². The Kier molecular flexibility index (Phi) is 7.68. The van der Waals surface area contributed by atoms with Gasteiger partial charge >= 0.3 is 0 Å². The number of nitrogens with zero attached hydrogens (tertiary/aromatic N) is 3. The molecule has 0 radical (unpaired) electrons. The molecule has 0 aliphatic rings. The Morgan fingerprint density at radius 3 is 2.24 bits per heavy atom. The van der Waals surface area contributed by atoms with Crippen LogP contribution >= 0.6 is 0 Å². The van der Waals surface area contributed by atoms with E-state index < -0.39 is 16.7 Å². The van der Waals surface area contributed by atoms with Gasteiger partial charge in [0.2, 0.25) is 0 Å². The first-order valence-electron chi connectivity index (χ1n) is 11.4. The lowest BCUT2D eigenvalue weighted by Crippen LogP contribution is -2.33. The van der Waals surface area contributed by atoms with Crippen molar-refractivity contribution in [2.75, 3.05) is 0 Å². The number of H-pyrrole nitrogens is 1. The fourth-order valence-corrected chi connectivity index (χ4v) is 3.49. The number of hydrazone groups is 1.